The van der Waals surface area contributed by atoms with Gasteiger partial charge in [-0.15, -0.1) is 0 Å². The van der Waals surface area contributed by atoms with Crippen molar-refractivity contribution < 1.29 is 14.6 Å². The Labute approximate surface area is 102 Å². The first-order valence-corrected chi connectivity index (χ1v) is 5.73. The van der Waals surface area contributed by atoms with Crippen molar-refractivity contribution in [1.82, 2.24) is 5.32 Å². The summed E-state index contributed by atoms with van der Waals surface area (Å²) in [7, 11) is 1.65. The quantitative estimate of drug-likeness (QED) is 0.714. The van der Waals surface area contributed by atoms with Crippen LogP contribution in [0.3, 0.4) is 0 Å². The molecule has 0 aliphatic rings. The zero-order valence-electron chi connectivity index (χ0n) is 10.3. The van der Waals surface area contributed by atoms with Crippen molar-refractivity contribution in [3.05, 3.63) is 29.8 Å². The zero-order chi connectivity index (χ0) is 12.7. The molecule has 1 atom stereocenters. The predicted molar refractivity (Wildman–Crippen MR) is 66.3 cm³/mol. The highest BCUT2D eigenvalue weighted by Gasteiger charge is 2.09. The van der Waals surface area contributed by atoms with Crippen molar-refractivity contribution >= 4 is 5.97 Å². The molecule has 0 fully saturated rings. The van der Waals surface area contributed by atoms with Gasteiger partial charge < -0.3 is 15.2 Å². The number of methoxy groups -OCH3 is 1. The van der Waals surface area contributed by atoms with Crippen molar-refractivity contribution in [2.45, 2.75) is 25.8 Å². The van der Waals surface area contributed by atoms with E-state index in [1.165, 1.54) is 0 Å². The third kappa shape index (κ3) is 4.44. The molecule has 0 amide bonds. The highest BCUT2D eigenvalue weighted by molar-refractivity contribution is 5.66. The molecule has 0 aliphatic carbocycles. The fourth-order valence-electron chi connectivity index (χ4n) is 1.69. The Bertz CT molecular complexity index is 365. The van der Waals surface area contributed by atoms with E-state index in [1.54, 1.807) is 7.11 Å². The summed E-state index contributed by atoms with van der Waals surface area (Å²) in [4.78, 5) is 10.4. The van der Waals surface area contributed by atoms with Crippen LogP contribution in [-0.4, -0.2) is 24.7 Å². The zero-order valence-corrected chi connectivity index (χ0v) is 10.3. The van der Waals surface area contributed by atoms with Gasteiger partial charge in [0.15, 0.2) is 0 Å². The molecule has 1 rings (SSSR count). The Morgan fingerprint density at radius 1 is 1.47 bits per heavy atom. The van der Waals surface area contributed by atoms with Gasteiger partial charge in [0.05, 0.1) is 7.11 Å². The van der Waals surface area contributed by atoms with Crippen molar-refractivity contribution in [3.63, 3.8) is 0 Å². The van der Waals surface area contributed by atoms with Crippen molar-refractivity contribution in [2.75, 3.05) is 13.7 Å². The molecule has 0 radical (unpaired) electrons. The number of aliphatic carboxylic acids is 1. The number of carboxylic acid groups (broad SMARTS) is 1. The third-order valence-electron chi connectivity index (χ3n) is 2.62. The molecular formula is C13H19NO3. The van der Waals surface area contributed by atoms with Crippen LogP contribution in [0.4, 0.5) is 0 Å². The summed E-state index contributed by atoms with van der Waals surface area (Å²) in [5.74, 6) is 0.0995. The Morgan fingerprint density at radius 2 is 2.18 bits per heavy atom. The van der Waals surface area contributed by atoms with Crippen LogP contribution >= 0.6 is 0 Å². The topological polar surface area (TPSA) is 58.6 Å². The lowest BCUT2D eigenvalue weighted by molar-refractivity contribution is -0.137. The molecular weight excluding hydrogens is 218 g/mol. The van der Waals surface area contributed by atoms with Crippen LogP contribution in [0.1, 0.15) is 31.4 Å². The number of hydrogen-bond donors (Lipinski definition) is 2. The lowest BCUT2D eigenvalue weighted by Gasteiger charge is -2.16. The molecule has 0 bridgehead atoms. The van der Waals surface area contributed by atoms with E-state index in [4.69, 9.17) is 9.84 Å². The summed E-state index contributed by atoms with van der Waals surface area (Å²) in [5, 5.41) is 11.8. The maximum atomic E-state index is 10.4. The highest BCUT2D eigenvalue weighted by atomic mass is 16.5. The number of carboxylic acids is 1. The molecule has 17 heavy (non-hydrogen) atoms. The Kier molecular flexibility index (Phi) is 5.49. The standard InChI is InChI=1S/C13H19NO3/c1-10(14-9-5-8-13(15)16)11-6-3-4-7-12(11)17-2/h3-4,6-7,10,14H,5,8-9H2,1-2H3,(H,15,16). The van der Waals surface area contributed by atoms with Gasteiger partial charge >= 0.3 is 5.97 Å². The molecule has 1 aromatic carbocycles. The van der Waals surface area contributed by atoms with Crippen LogP contribution in [0.25, 0.3) is 0 Å². The Morgan fingerprint density at radius 3 is 2.82 bits per heavy atom. The normalized spacial score (nSPS) is 12.1. The lowest BCUT2D eigenvalue weighted by atomic mass is 10.1. The number of nitrogens with one attached hydrogen (secondary N) is 1. The second kappa shape index (κ2) is 6.91. The number of para-hydroxylation sites is 1. The van der Waals surface area contributed by atoms with E-state index in [9.17, 15) is 4.79 Å². The number of carbonyl (C=O) groups is 1. The van der Waals surface area contributed by atoms with Gasteiger partial charge in [0.1, 0.15) is 5.75 Å². The Balaban J connectivity index is 2.46. The summed E-state index contributed by atoms with van der Waals surface area (Å²) in [6.07, 6.45) is 0.834. The second-order valence-corrected chi connectivity index (χ2v) is 3.92. The van der Waals surface area contributed by atoms with E-state index >= 15 is 0 Å². The van der Waals surface area contributed by atoms with Crippen molar-refractivity contribution in [1.29, 1.82) is 0 Å². The SMILES string of the molecule is COc1ccccc1C(C)NCCCC(=O)O. The van der Waals surface area contributed by atoms with Gasteiger partial charge in [-0.3, -0.25) is 4.79 Å². The predicted octanol–water partition coefficient (Wildman–Crippen LogP) is 2.21. The molecule has 0 saturated carbocycles. The van der Waals surface area contributed by atoms with Gasteiger partial charge in [0, 0.05) is 18.0 Å². The first-order chi connectivity index (χ1) is 8.15. The minimum absolute atomic E-state index is 0.153. The van der Waals surface area contributed by atoms with Gasteiger partial charge in [-0.25, -0.2) is 0 Å². The number of ether oxygens (including phenoxy) is 1. The fourth-order valence-corrected chi connectivity index (χ4v) is 1.69. The van der Waals surface area contributed by atoms with Gasteiger partial charge in [-0.1, -0.05) is 18.2 Å². The molecule has 1 unspecified atom stereocenters. The monoisotopic (exact) mass is 237 g/mol. The lowest BCUT2D eigenvalue weighted by Crippen LogP contribution is -2.21. The van der Waals surface area contributed by atoms with Crippen molar-refractivity contribution in [3.8, 4) is 5.75 Å². The molecule has 0 aliphatic heterocycles. The minimum Gasteiger partial charge on any atom is -0.496 e. The summed E-state index contributed by atoms with van der Waals surface area (Å²) in [6, 6.07) is 7.98. The van der Waals surface area contributed by atoms with Crippen LogP contribution in [-0.2, 0) is 4.79 Å². The summed E-state index contributed by atoms with van der Waals surface area (Å²) >= 11 is 0. The summed E-state index contributed by atoms with van der Waals surface area (Å²) in [5.41, 5.74) is 1.09. The fraction of sp³-hybridized carbons (Fsp3) is 0.462. The molecule has 1 aromatic rings. The third-order valence-corrected chi connectivity index (χ3v) is 2.62. The molecule has 4 nitrogen and oxygen atoms in total. The maximum Gasteiger partial charge on any atom is 0.303 e. The molecule has 0 aromatic heterocycles. The Hall–Kier alpha value is -1.55. The largest absolute Gasteiger partial charge is 0.496 e. The van der Waals surface area contributed by atoms with E-state index in [2.05, 4.69) is 5.32 Å². The molecule has 2 N–H and O–H groups in total. The average Bonchev–Trinajstić information content (AvgIpc) is 2.34. The van der Waals surface area contributed by atoms with Crippen LogP contribution in [0, 0.1) is 0 Å². The van der Waals surface area contributed by atoms with Gasteiger partial charge in [0.25, 0.3) is 0 Å². The molecule has 0 saturated heterocycles. The van der Waals surface area contributed by atoms with Crippen LogP contribution in [0.5, 0.6) is 5.75 Å². The smallest absolute Gasteiger partial charge is 0.303 e. The van der Waals surface area contributed by atoms with E-state index < -0.39 is 5.97 Å². The maximum absolute atomic E-state index is 10.4. The number of benzene rings is 1. The first-order valence-electron chi connectivity index (χ1n) is 5.73. The summed E-state index contributed by atoms with van der Waals surface area (Å²) in [6.45, 7) is 2.73. The van der Waals surface area contributed by atoms with Crippen LogP contribution in [0.2, 0.25) is 0 Å². The second-order valence-electron chi connectivity index (χ2n) is 3.92. The minimum atomic E-state index is -0.753. The van der Waals surface area contributed by atoms with E-state index in [-0.39, 0.29) is 12.5 Å². The van der Waals surface area contributed by atoms with E-state index in [1.807, 2.05) is 31.2 Å². The van der Waals surface area contributed by atoms with Gasteiger partial charge in [-0.2, -0.15) is 0 Å². The number of rotatable bonds is 7. The van der Waals surface area contributed by atoms with Gasteiger partial charge in [0.2, 0.25) is 0 Å². The van der Waals surface area contributed by atoms with E-state index in [0.29, 0.717) is 13.0 Å². The molecule has 4 heteroatoms. The molecule has 0 heterocycles. The van der Waals surface area contributed by atoms with Crippen LogP contribution < -0.4 is 10.1 Å². The molecule has 0 spiro atoms. The summed E-state index contributed by atoms with van der Waals surface area (Å²) < 4.78 is 5.28. The van der Waals surface area contributed by atoms with Gasteiger partial charge in [-0.05, 0) is 26.0 Å². The van der Waals surface area contributed by atoms with E-state index in [0.717, 1.165) is 11.3 Å². The first kappa shape index (κ1) is 13.5. The average molecular weight is 237 g/mol. The highest BCUT2D eigenvalue weighted by Crippen LogP contribution is 2.24. The number of hydrogen-bond acceptors (Lipinski definition) is 3. The van der Waals surface area contributed by atoms with Crippen molar-refractivity contribution in [2.24, 2.45) is 0 Å². The molecule has 94 valence electrons. The van der Waals surface area contributed by atoms with Crippen LogP contribution in [0.15, 0.2) is 24.3 Å².